The number of imidazole rings is 1. The Hall–Kier alpha value is -3.52. The lowest BCUT2D eigenvalue weighted by Crippen LogP contribution is -2.23. The van der Waals surface area contributed by atoms with Crippen molar-refractivity contribution in [1.29, 1.82) is 0 Å². The number of nitrogens with two attached hydrogens (primary N) is 1. The smallest absolute Gasteiger partial charge is 0.284 e. The Bertz CT molecular complexity index is 1370. The fourth-order valence-corrected chi connectivity index (χ4v) is 4.69. The first-order valence-electron chi connectivity index (χ1n) is 11.3. The second-order valence-electron chi connectivity index (χ2n) is 8.57. The molecule has 1 aromatic carbocycles. The molecule has 4 aromatic rings. The monoisotopic (exact) mass is 478 g/mol. The zero-order chi connectivity index (χ0) is 24.4. The number of carbonyl (C=O) groups excluding carboxylic acids is 1. The van der Waals surface area contributed by atoms with Crippen LogP contribution in [-0.4, -0.2) is 15.9 Å². The van der Waals surface area contributed by atoms with Crippen molar-refractivity contribution in [1.82, 2.24) is 9.97 Å². The summed E-state index contributed by atoms with van der Waals surface area (Å²) in [5.74, 6) is -0.332. The van der Waals surface area contributed by atoms with Crippen molar-refractivity contribution in [3.8, 4) is 11.3 Å². The number of nitrogens with one attached hydrogen (secondary N) is 2. The van der Waals surface area contributed by atoms with Crippen LogP contribution in [0.25, 0.3) is 22.5 Å². The predicted molar refractivity (Wildman–Crippen MR) is 135 cm³/mol. The number of aromatic amines is 1. The van der Waals surface area contributed by atoms with Crippen molar-refractivity contribution in [3.05, 3.63) is 76.9 Å². The molecule has 4 N–H and O–H groups in total. The molecule has 2 unspecified atom stereocenters. The number of H-pyrrole nitrogens is 1. The summed E-state index contributed by atoms with van der Waals surface area (Å²) in [5, 5.41) is 3.10. The summed E-state index contributed by atoms with van der Waals surface area (Å²) in [5.41, 5.74) is 10.4. The number of fused-ring (bicyclic) bond motifs is 1. The molecule has 1 amide bonds. The number of halogens is 1. The van der Waals surface area contributed by atoms with Gasteiger partial charge in [-0.2, -0.15) is 4.40 Å². The van der Waals surface area contributed by atoms with Gasteiger partial charge in [0.25, 0.3) is 11.6 Å². The molecule has 0 aliphatic carbocycles. The number of thiazole rings is 1. The van der Waals surface area contributed by atoms with Crippen molar-refractivity contribution in [2.24, 2.45) is 17.6 Å². The van der Waals surface area contributed by atoms with E-state index in [9.17, 15) is 9.18 Å². The summed E-state index contributed by atoms with van der Waals surface area (Å²) in [4.78, 5) is 20.8. The Labute approximate surface area is 202 Å². The SMILES string of the molecule is CCC(C)C(C)C(=CN)c1ccc2[nH]cc(-c3ccc(C(=O)Nc4ncc(C)s4)c(F)c3)[n+]2c1. The van der Waals surface area contributed by atoms with Gasteiger partial charge < -0.3 is 5.73 Å². The molecule has 0 aliphatic rings. The summed E-state index contributed by atoms with van der Waals surface area (Å²) in [7, 11) is 0. The van der Waals surface area contributed by atoms with Crippen LogP contribution in [0.2, 0.25) is 0 Å². The van der Waals surface area contributed by atoms with Crippen LogP contribution in [0.15, 0.2) is 55.1 Å². The number of hydrogen-bond donors (Lipinski definition) is 3. The largest absolute Gasteiger partial charge is 0.404 e. The van der Waals surface area contributed by atoms with E-state index in [0.29, 0.717) is 22.5 Å². The Morgan fingerprint density at radius 2 is 2.12 bits per heavy atom. The van der Waals surface area contributed by atoms with Gasteiger partial charge in [-0.1, -0.05) is 27.2 Å². The second-order valence-corrected chi connectivity index (χ2v) is 9.80. The number of pyridine rings is 1. The Morgan fingerprint density at radius 1 is 1.32 bits per heavy atom. The van der Waals surface area contributed by atoms with E-state index in [-0.39, 0.29) is 5.56 Å². The fraction of sp³-hybridized carbons (Fsp3) is 0.269. The Kier molecular flexibility index (Phi) is 6.79. The van der Waals surface area contributed by atoms with Gasteiger partial charge in [-0.25, -0.2) is 14.4 Å². The molecule has 0 radical (unpaired) electrons. The summed E-state index contributed by atoms with van der Waals surface area (Å²) in [6, 6.07) is 8.65. The van der Waals surface area contributed by atoms with Gasteiger partial charge in [0, 0.05) is 28.3 Å². The van der Waals surface area contributed by atoms with Gasteiger partial charge in [-0.05, 0) is 54.8 Å². The lowest BCUT2D eigenvalue weighted by Gasteiger charge is -2.21. The predicted octanol–water partition coefficient (Wildman–Crippen LogP) is 5.56. The number of rotatable bonds is 7. The molecule has 176 valence electrons. The molecule has 4 rings (SSSR count). The second kappa shape index (κ2) is 9.77. The Morgan fingerprint density at radius 3 is 2.76 bits per heavy atom. The van der Waals surface area contributed by atoms with Crippen LogP contribution in [0, 0.1) is 24.6 Å². The summed E-state index contributed by atoms with van der Waals surface area (Å²) in [6.07, 6.45) is 8.25. The average molecular weight is 479 g/mol. The van der Waals surface area contributed by atoms with Gasteiger partial charge in [0.05, 0.1) is 5.56 Å². The molecule has 3 heterocycles. The van der Waals surface area contributed by atoms with Crippen LogP contribution < -0.4 is 15.5 Å². The molecule has 2 atom stereocenters. The molecule has 3 aromatic heterocycles. The molecule has 0 spiro atoms. The number of allylic oxidation sites excluding steroid dienone is 1. The summed E-state index contributed by atoms with van der Waals surface area (Å²) >= 11 is 1.34. The number of hydrogen-bond acceptors (Lipinski definition) is 4. The molecule has 0 aliphatic heterocycles. The van der Waals surface area contributed by atoms with Crippen LogP contribution in [0.3, 0.4) is 0 Å². The van der Waals surface area contributed by atoms with E-state index in [2.05, 4.69) is 36.1 Å². The number of anilines is 1. The molecule has 34 heavy (non-hydrogen) atoms. The highest BCUT2D eigenvalue weighted by Crippen LogP contribution is 2.30. The Balaban J connectivity index is 1.66. The zero-order valence-electron chi connectivity index (χ0n) is 19.7. The number of nitrogens with zero attached hydrogens (tertiary/aromatic N) is 2. The molecule has 6 nitrogen and oxygen atoms in total. The average Bonchev–Trinajstić information content (AvgIpc) is 3.44. The van der Waals surface area contributed by atoms with E-state index in [4.69, 9.17) is 5.73 Å². The van der Waals surface area contributed by atoms with Gasteiger partial charge in [-0.15, -0.1) is 11.3 Å². The highest BCUT2D eigenvalue weighted by Gasteiger charge is 2.21. The molecule has 8 heteroatoms. The molecular weight excluding hydrogens is 449 g/mol. The van der Waals surface area contributed by atoms with E-state index in [1.54, 1.807) is 18.5 Å². The van der Waals surface area contributed by atoms with Gasteiger partial charge in [-0.3, -0.25) is 10.1 Å². The number of aryl methyl sites for hydroxylation is 1. The summed E-state index contributed by atoms with van der Waals surface area (Å²) in [6.45, 7) is 8.47. The molecule has 0 fully saturated rings. The highest BCUT2D eigenvalue weighted by molar-refractivity contribution is 7.15. The van der Waals surface area contributed by atoms with Gasteiger partial charge in [0.1, 0.15) is 18.2 Å². The molecule has 0 bridgehead atoms. The third kappa shape index (κ3) is 4.59. The quantitative estimate of drug-likeness (QED) is 0.304. The van der Waals surface area contributed by atoms with E-state index in [0.717, 1.165) is 33.8 Å². The van der Waals surface area contributed by atoms with E-state index < -0.39 is 11.7 Å². The lowest BCUT2D eigenvalue weighted by molar-refractivity contribution is -0.498. The number of benzene rings is 1. The number of amides is 1. The van der Waals surface area contributed by atoms with Crippen molar-refractivity contribution >= 4 is 33.6 Å². The van der Waals surface area contributed by atoms with E-state index >= 15 is 0 Å². The van der Waals surface area contributed by atoms with Crippen LogP contribution in [0.4, 0.5) is 9.52 Å². The third-order valence-corrected chi connectivity index (χ3v) is 7.25. The standard InChI is InChI=1S/C26H28FN5OS/c1-5-15(2)17(4)21(11-28)19-7-9-24-29-13-23(32(24)14-19)18-6-8-20(22(27)10-18)25(33)31-26-30-12-16(3)34-26/h6-15,17H,5,28H2,1-4H3,(H,30,31,33)/p+1. The molecule has 0 saturated carbocycles. The van der Waals surface area contributed by atoms with Crippen LogP contribution >= 0.6 is 11.3 Å². The maximum atomic E-state index is 15.0. The number of aromatic nitrogens is 3. The van der Waals surface area contributed by atoms with Crippen molar-refractivity contribution in [2.75, 3.05) is 5.32 Å². The molecule has 0 saturated heterocycles. The number of carbonyl (C=O) groups is 1. The van der Waals surface area contributed by atoms with E-state index in [1.165, 1.54) is 23.5 Å². The highest BCUT2D eigenvalue weighted by atomic mass is 32.1. The minimum atomic E-state index is -0.595. The van der Waals surface area contributed by atoms with Crippen LogP contribution in [-0.2, 0) is 0 Å². The normalized spacial score (nSPS) is 13.7. The summed E-state index contributed by atoms with van der Waals surface area (Å²) < 4.78 is 17.0. The first-order valence-corrected chi connectivity index (χ1v) is 12.1. The molecular formula is C26H29FN5OS+. The van der Waals surface area contributed by atoms with E-state index in [1.807, 2.05) is 35.9 Å². The van der Waals surface area contributed by atoms with Gasteiger partial charge >= 0.3 is 0 Å². The first-order chi connectivity index (χ1) is 16.3. The van der Waals surface area contributed by atoms with Crippen molar-refractivity contribution in [2.45, 2.75) is 34.1 Å². The maximum absolute atomic E-state index is 15.0. The van der Waals surface area contributed by atoms with Gasteiger partial charge in [0.2, 0.25) is 0 Å². The third-order valence-electron chi connectivity index (χ3n) is 6.42. The first kappa shape index (κ1) is 23.6. The topological polar surface area (TPSA) is 87.9 Å². The van der Waals surface area contributed by atoms with Crippen LogP contribution in [0.1, 0.15) is 48.0 Å². The van der Waals surface area contributed by atoms with Crippen molar-refractivity contribution < 1.29 is 13.6 Å². The minimum Gasteiger partial charge on any atom is -0.404 e. The maximum Gasteiger partial charge on any atom is 0.284 e. The van der Waals surface area contributed by atoms with Crippen molar-refractivity contribution in [3.63, 3.8) is 0 Å². The van der Waals surface area contributed by atoms with Crippen LogP contribution in [0.5, 0.6) is 0 Å². The zero-order valence-corrected chi connectivity index (χ0v) is 20.5. The minimum absolute atomic E-state index is 0.0298. The van der Waals surface area contributed by atoms with Gasteiger partial charge in [0.15, 0.2) is 10.8 Å². The lowest BCUT2D eigenvalue weighted by atomic mass is 9.84. The fourth-order valence-electron chi connectivity index (χ4n) is 4.03.